The van der Waals surface area contributed by atoms with Gasteiger partial charge >= 0.3 is 0 Å². The van der Waals surface area contributed by atoms with Crippen LogP contribution in [-0.2, 0) is 11.8 Å². The van der Waals surface area contributed by atoms with E-state index in [2.05, 4.69) is 9.97 Å². The van der Waals surface area contributed by atoms with E-state index in [1.807, 2.05) is 37.3 Å². The molecule has 4 aliphatic carbocycles. The van der Waals surface area contributed by atoms with Gasteiger partial charge in [0.1, 0.15) is 22.7 Å². The summed E-state index contributed by atoms with van der Waals surface area (Å²) in [6, 6.07) is 10.0. The predicted molar refractivity (Wildman–Crippen MR) is 184 cm³/mol. The van der Waals surface area contributed by atoms with Gasteiger partial charge in [0.15, 0.2) is 11.2 Å². The lowest BCUT2D eigenvalue weighted by atomic mass is 9.77. The molecule has 242 valence electrons. The molecular formula is C38H26N2O9. The summed E-state index contributed by atoms with van der Waals surface area (Å²) in [5.41, 5.74) is -3.94. The van der Waals surface area contributed by atoms with E-state index in [1.54, 1.807) is 30.5 Å². The number of fused-ring (bicyclic) bond motifs is 5. The van der Waals surface area contributed by atoms with E-state index in [1.165, 1.54) is 0 Å². The summed E-state index contributed by atoms with van der Waals surface area (Å²) in [6.45, 7) is 1.85. The number of aromatic hydroxyl groups is 1. The molecule has 4 aromatic rings. The summed E-state index contributed by atoms with van der Waals surface area (Å²) in [5, 5.41) is 34.3. The Labute approximate surface area is 273 Å². The maximum Gasteiger partial charge on any atom is 0.260 e. The number of aliphatic hydroxyl groups excluding tert-OH is 2. The number of hydrogen-bond acceptors (Lipinski definition) is 9. The van der Waals surface area contributed by atoms with Gasteiger partial charge in [0.05, 0.1) is 33.4 Å². The lowest BCUT2D eigenvalue weighted by Gasteiger charge is -2.28. The molecule has 11 heteroatoms. The molecule has 0 aliphatic heterocycles. The van der Waals surface area contributed by atoms with Crippen molar-refractivity contribution in [2.45, 2.75) is 25.2 Å². The van der Waals surface area contributed by atoms with Crippen molar-refractivity contribution < 1.29 is 20.1 Å². The average Bonchev–Trinajstić information content (AvgIpc) is 3.77. The van der Waals surface area contributed by atoms with Gasteiger partial charge in [0.2, 0.25) is 16.3 Å². The minimum absolute atomic E-state index is 0.0526. The molecule has 11 nitrogen and oxygen atoms in total. The quantitative estimate of drug-likeness (QED) is 0.178. The topological polar surface area (TPSA) is 187 Å². The lowest BCUT2D eigenvalue weighted by Crippen LogP contribution is -2.51. The highest BCUT2D eigenvalue weighted by atomic mass is 16.5. The van der Waals surface area contributed by atoms with Crippen molar-refractivity contribution in [2.24, 2.45) is 0 Å². The minimum Gasteiger partial charge on any atom is -0.510 e. The van der Waals surface area contributed by atoms with Gasteiger partial charge < -0.3 is 30.0 Å². The van der Waals surface area contributed by atoms with Crippen molar-refractivity contribution in [1.29, 1.82) is 0 Å². The molecular weight excluding hydrogens is 628 g/mol. The van der Waals surface area contributed by atoms with Crippen LogP contribution in [0.4, 0.5) is 0 Å². The Hall–Kier alpha value is -6.49. The van der Waals surface area contributed by atoms with Crippen molar-refractivity contribution in [2.75, 3.05) is 7.11 Å². The van der Waals surface area contributed by atoms with Crippen molar-refractivity contribution >= 4 is 39.3 Å². The second-order valence-corrected chi connectivity index (χ2v) is 12.3. The van der Waals surface area contributed by atoms with Gasteiger partial charge in [-0.1, -0.05) is 24.3 Å². The van der Waals surface area contributed by atoms with E-state index in [-0.39, 0.29) is 23.8 Å². The molecule has 49 heavy (non-hydrogen) atoms. The molecule has 5 N–H and O–H groups in total. The number of methoxy groups -OCH3 is 1. The van der Waals surface area contributed by atoms with E-state index >= 15 is 0 Å². The number of aromatic nitrogens is 2. The number of nitrogens with one attached hydrogen (secondary N) is 2. The fourth-order valence-corrected chi connectivity index (χ4v) is 7.77. The summed E-state index contributed by atoms with van der Waals surface area (Å²) in [4.78, 5) is 73.7. The summed E-state index contributed by atoms with van der Waals surface area (Å²) >= 11 is 0. The number of hydrogen-bond donors (Lipinski definition) is 5. The highest BCUT2D eigenvalue weighted by Crippen LogP contribution is 2.57. The van der Waals surface area contributed by atoms with Crippen LogP contribution in [0.1, 0.15) is 30.2 Å². The van der Waals surface area contributed by atoms with Crippen LogP contribution in [0.2, 0.25) is 0 Å². The highest BCUT2D eigenvalue weighted by Gasteiger charge is 2.54. The predicted octanol–water partition coefficient (Wildman–Crippen LogP) is 2.25. The van der Waals surface area contributed by atoms with E-state index in [9.17, 15) is 39.3 Å². The summed E-state index contributed by atoms with van der Waals surface area (Å²) < 4.78 is 4.96. The van der Waals surface area contributed by atoms with Crippen LogP contribution in [0.15, 0.2) is 84.8 Å². The third-order valence-corrected chi connectivity index (χ3v) is 9.87. The molecule has 0 fully saturated rings. The molecule has 0 saturated carbocycles. The van der Waals surface area contributed by atoms with Gasteiger partial charge in [-0.25, -0.2) is 0 Å². The van der Waals surface area contributed by atoms with Crippen molar-refractivity contribution in [3.05, 3.63) is 150 Å². The van der Waals surface area contributed by atoms with Crippen LogP contribution in [0.25, 0.3) is 50.4 Å². The molecule has 8 rings (SSSR count). The number of ether oxygens (including phenoxy) is 1. The van der Waals surface area contributed by atoms with Crippen LogP contribution in [0, 0.1) is 10.4 Å². The molecule has 0 bridgehead atoms. The number of rotatable bonds is 4. The molecule has 1 atom stereocenters. The third-order valence-electron chi connectivity index (χ3n) is 9.87. The Morgan fingerprint density at radius 1 is 0.857 bits per heavy atom. The monoisotopic (exact) mass is 654 g/mol. The second kappa shape index (κ2) is 10.3. The van der Waals surface area contributed by atoms with Crippen LogP contribution >= 0.6 is 0 Å². The van der Waals surface area contributed by atoms with Gasteiger partial charge in [0, 0.05) is 34.4 Å². The number of phenolic OH excluding ortho intramolecular Hbond substituents is 1. The number of aromatic amines is 2. The summed E-state index contributed by atoms with van der Waals surface area (Å²) in [6.07, 6.45) is 8.88. The van der Waals surface area contributed by atoms with Crippen LogP contribution in [-0.4, -0.2) is 32.4 Å². The minimum atomic E-state index is -2.04. The number of H-pyrrole nitrogens is 2. The number of allylic oxidation sites excluding steroid dienone is 3. The number of phenols is 1. The Morgan fingerprint density at radius 3 is 2.31 bits per heavy atom. The molecule has 0 amide bonds. The van der Waals surface area contributed by atoms with Crippen molar-refractivity contribution in [3.8, 4) is 22.6 Å². The van der Waals surface area contributed by atoms with Crippen molar-refractivity contribution in [3.63, 3.8) is 0 Å². The standard InChI is InChI=1S/C38H26N2O9/c1-3-4-5-6-18-14-20-24(17-7-8-21-16(13-17)10-12-39-21)19-9-11-38(30(19)34(45)25(20)37(48)40-18)35(46)28-29(36(38)47)33(44)27-26(32(28)43)22(41)15-23(49-2)31(27)42/h3-8,10,12-15,39,45-47H,9,11H2,1-2H3,(H,40,48)/t38-/m0/s1. The fraction of sp³-hybridized carbons (Fsp3) is 0.132. The normalized spacial score (nSPS) is 17.1. The van der Waals surface area contributed by atoms with Gasteiger partial charge in [-0.05, 0) is 72.2 Å². The number of aliphatic hydroxyl groups is 2. The second-order valence-electron chi connectivity index (χ2n) is 12.3. The van der Waals surface area contributed by atoms with Gasteiger partial charge in [-0.15, -0.1) is 0 Å². The van der Waals surface area contributed by atoms with E-state index in [4.69, 9.17) is 4.74 Å². The maximum absolute atomic E-state index is 13.9. The average molecular weight is 655 g/mol. The smallest absolute Gasteiger partial charge is 0.260 e. The van der Waals surface area contributed by atoms with Crippen LogP contribution in [0.3, 0.4) is 0 Å². The van der Waals surface area contributed by atoms with Crippen molar-refractivity contribution in [1.82, 2.24) is 9.97 Å². The zero-order valence-electron chi connectivity index (χ0n) is 26.1. The Morgan fingerprint density at radius 2 is 1.59 bits per heavy atom. The number of pyridine rings is 1. The molecule has 0 unspecified atom stereocenters. The first kappa shape index (κ1) is 29.9. The zero-order chi connectivity index (χ0) is 34.5. The lowest BCUT2D eigenvalue weighted by molar-refractivity contribution is 0.362. The van der Waals surface area contributed by atoms with Gasteiger partial charge in [-0.2, -0.15) is 0 Å². The van der Waals surface area contributed by atoms with Crippen LogP contribution < -0.4 is 42.4 Å². The fourth-order valence-electron chi connectivity index (χ4n) is 7.77. The largest absolute Gasteiger partial charge is 0.510 e. The molecule has 4 aliphatic rings. The van der Waals surface area contributed by atoms with Crippen LogP contribution in [0.5, 0.6) is 11.5 Å². The maximum atomic E-state index is 13.9. The molecule has 0 saturated heterocycles. The summed E-state index contributed by atoms with van der Waals surface area (Å²) in [7, 11) is 1.13. The van der Waals surface area contributed by atoms with E-state index < -0.39 is 76.6 Å². The van der Waals surface area contributed by atoms with E-state index in [0.717, 1.165) is 24.1 Å². The molecule has 2 aromatic carbocycles. The third kappa shape index (κ3) is 3.75. The number of benzene rings is 2. The molecule has 2 heterocycles. The zero-order valence-corrected chi connectivity index (χ0v) is 26.1. The Bertz CT molecular complexity index is 3030. The first-order valence-electron chi connectivity index (χ1n) is 15.4. The van der Waals surface area contributed by atoms with E-state index in [0.29, 0.717) is 27.8 Å². The van der Waals surface area contributed by atoms with Gasteiger partial charge in [-0.3, -0.25) is 24.0 Å². The van der Waals surface area contributed by atoms with Gasteiger partial charge in [0.25, 0.3) is 5.56 Å². The first-order valence-corrected chi connectivity index (χ1v) is 15.4. The highest BCUT2D eigenvalue weighted by molar-refractivity contribution is 6.06. The molecule has 2 aromatic heterocycles. The summed E-state index contributed by atoms with van der Waals surface area (Å²) in [5.74, 6) is -2.52. The molecule has 1 spiro atoms. The first-order chi connectivity index (χ1) is 23.5. The SMILES string of the molecule is CC=CC=Cc1cc2c(-c3ccc4[nH]ccc4c3)c3c(c(O)c2c(=O)[nH]1)[C@@]1(CC3)C(O)=c2c(=O)c3c(=O)cc(OC)c(=O)c=3c(=O)c2=C1O. The molecule has 0 radical (unpaired) electrons. The Kier molecular flexibility index (Phi) is 6.25. The Balaban J connectivity index is 1.55.